The van der Waals surface area contributed by atoms with Gasteiger partial charge in [0.1, 0.15) is 12.6 Å². The summed E-state index contributed by atoms with van der Waals surface area (Å²) < 4.78 is 0.854. The summed E-state index contributed by atoms with van der Waals surface area (Å²) >= 11 is 0. The predicted octanol–water partition coefficient (Wildman–Crippen LogP) is 0.359. The van der Waals surface area contributed by atoms with Gasteiger partial charge < -0.3 is 19.8 Å². The van der Waals surface area contributed by atoms with E-state index >= 15 is 0 Å². The molecule has 0 aliphatic carbocycles. The van der Waals surface area contributed by atoms with Gasteiger partial charge in [-0.15, -0.1) is 0 Å². The maximum atomic E-state index is 9.55. The van der Waals surface area contributed by atoms with Crippen LogP contribution in [0.15, 0.2) is 0 Å². The number of quaternary nitrogens is 1. The molecule has 0 aromatic heterocycles. The van der Waals surface area contributed by atoms with Gasteiger partial charge in [0.2, 0.25) is 0 Å². The van der Waals surface area contributed by atoms with Crippen molar-refractivity contribution in [3.63, 3.8) is 0 Å². The largest absolute Gasteiger partial charge is 0.396 e. The lowest BCUT2D eigenvalue weighted by atomic mass is 10.2. The van der Waals surface area contributed by atoms with Crippen molar-refractivity contribution < 1.29 is 19.8 Å². The summed E-state index contributed by atoms with van der Waals surface area (Å²) in [5.41, 5.74) is 0. The Morgan fingerprint density at radius 2 is 1.62 bits per heavy atom. The van der Waals surface area contributed by atoms with Gasteiger partial charge in [-0.2, -0.15) is 0 Å². The molecule has 0 aliphatic heterocycles. The molecule has 4 heteroatoms. The van der Waals surface area contributed by atoms with Crippen molar-refractivity contribution in [1.82, 2.24) is 0 Å². The third kappa shape index (κ3) is 5.80. The standard InChI is InChI=1S/C12H28NO3/c1-3-13(4-2,10-12(16)11-15)8-6-5-7-9-14/h12,14-16H,3-11H2,1-2H3/q+1. The van der Waals surface area contributed by atoms with Crippen molar-refractivity contribution in [2.24, 2.45) is 0 Å². The Hall–Kier alpha value is -0.160. The van der Waals surface area contributed by atoms with Gasteiger partial charge in [-0.05, 0) is 33.1 Å². The molecule has 16 heavy (non-hydrogen) atoms. The Kier molecular flexibility index (Phi) is 8.84. The van der Waals surface area contributed by atoms with E-state index in [1.54, 1.807) is 0 Å². The first kappa shape index (κ1) is 15.8. The van der Waals surface area contributed by atoms with Gasteiger partial charge >= 0.3 is 0 Å². The first-order valence-corrected chi connectivity index (χ1v) is 6.39. The minimum atomic E-state index is -0.613. The third-order valence-corrected chi connectivity index (χ3v) is 3.44. The average molecular weight is 234 g/mol. The van der Waals surface area contributed by atoms with Crippen LogP contribution in [0.1, 0.15) is 33.1 Å². The van der Waals surface area contributed by atoms with Crippen molar-refractivity contribution in [2.75, 3.05) is 39.4 Å². The Morgan fingerprint density at radius 3 is 2.06 bits per heavy atom. The maximum absolute atomic E-state index is 9.55. The van der Waals surface area contributed by atoms with Gasteiger partial charge in [0.05, 0.1) is 26.2 Å². The van der Waals surface area contributed by atoms with Gasteiger partial charge in [-0.25, -0.2) is 0 Å². The smallest absolute Gasteiger partial charge is 0.126 e. The van der Waals surface area contributed by atoms with Crippen molar-refractivity contribution in [3.05, 3.63) is 0 Å². The first-order chi connectivity index (χ1) is 7.64. The molecule has 0 spiro atoms. The number of nitrogens with zero attached hydrogens (tertiary/aromatic N) is 1. The Bertz CT molecular complexity index is 160. The number of hydrogen-bond acceptors (Lipinski definition) is 3. The Morgan fingerprint density at radius 1 is 1.00 bits per heavy atom. The normalized spacial score (nSPS) is 14.1. The van der Waals surface area contributed by atoms with Crippen LogP contribution < -0.4 is 0 Å². The molecule has 1 atom stereocenters. The molecule has 0 amide bonds. The lowest BCUT2D eigenvalue weighted by Gasteiger charge is -2.38. The van der Waals surface area contributed by atoms with Gasteiger partial charge in [0.15, 0.2) is 0 Å². The van der Waals surface area contributed by atoms with Crippen LogP contribution in [0.25, 0.3) is 0 Å². The monoisotopic (exact) mass is 234 g/mol. The second-order valence-electron chi connectivity index (χ2n) is 4.50. The van der Waals surface area contributed by atoms with Crippen molar-refractivity contribution in [1.29, 1.82) is 0 Å². The molecule has 0 rings (SSSR count). The summed E-state index contributed by atoms with van der Waals surface area (Å²) in [7, 11) is 0. The number of aliphatic hydroxyl groups excluding tert-OH is 3. The fourth-order valence-electron chi connectivity index (χ4n) is 2.13. The molecule has 0 saturated heterocycles. The fourth-order valence-corrected chi connectivity index (χ4v) is 2.13. The van der Waals surface area contributed by atoms with Crippen LogP contribution >= 0.6 is 0 Å². The molecule has 4 nitrogen and oxygen atoms in total. The fraction of sp³-hybridized carbons (Fsp3) is 1.00. The molecular weight excluding hydrogens is 206 g/mol. The Labute approximate surface area is 99.1 Å². The van der Waals surface area contributed by atoms with E-state index in [1.807, 2.05) is 0 Å². The molecule has 98 valence electrons. The van der Waals surface area contributed by atoms with Crippen LogP contribution in [0.4, 0.5) is 0 Å². The lowest BCUT2D eigenvalue weighted by molar-refractivity contribution is -0.928. The second-order valence-corrected chi connectivity index (χ2v) is 4.50. The van der Waals surface area contributed by atoms with E-state index < -0.39 is 6.10 Å². The van der Waals surface area contributed by atoms with Gasteiger partial charge in [0.25, 0.3) is 0 Å². The number of hydrogen-bond donors (Lipinski definition) is 3. The topological polar surface area (TPSA) is 60.7 Å². The average Bonchev–Trinajstić information content (AvgIpc) is 2.33. The zero-order valence-corrected chi connectivity index (χ0v) is 10.7. The van der Waals surface area contributed by atoms with Crippen LogP contribution in [0.5, 0.6) is 0 Å². The van der Waals surface area contributed by atoms with Crippen molar-refractivity contribution >= 4 is 0 Å². The van der Waals surface area contributed by atoms with E-state index in [0.29, 0.717) is 6.54 Å². The molecule has 1 unspecified atom stereocenters. The van der Waals surface area contributed by atoms with Crippen LogP contribution in [0, 0.1) is 0 Å². The molecule has 0 radical (unpaired) electrons. The lowest BCUT2D eigenvalue weighted by Crippen LogP contribution is -2.53. The molecule has 0 fully saturated rings. The summed E-state index contributed by atoms with van der Waals surface area (Å²) in [5, 5.41) is 27.2. The van der Waals surface area contributed by atoms with Crippen LogP contribution in [-0.2, 0) is 0 Å². The minimum absolute atomic E-state index is 0.156. The highest BCUT2D eigenvalue weighted by molar-refractivity contribution is 4.53. The van der Waals surface area contributed by atoms with E-state index in [-0.39, 0.29) is 13.2 Å². The molecule has 0 aromatic rings. The predicted molar refractivity (Wildman–Crippen MR) is 65.1 cm³/mol. The molecular formula is C12H28NO3+. The van der Waals surface area contributed by atoms with E-state index in [1.165, 1.54) is 0 Å². The highest BCUT2D eigenvalue weighted by atomic mass is 16.3. The van der Waals surface area contributed by atoms with Crippen LogP contribution in [0.3, 0.4) is 0 Å². The first-order valence-electron chi connectivity index (χ1n) is 6.39. The summed E-state index contributed by atoms with van der Waals surface area (Å²) in [4.78, 5) is 0. The van der Waals surface area contributed by atoms with Gasteiger partial charge in [-0.1, -0.05) is 0 Å². The summed E-state index contributed by atoms with van der Waals surface area (Å²) in [6.45, 7) is 7.96. The summed E-state index contributed by atoms with van der Waals surface area (Å²) in [6, 6.07) is 0. The molecule has 0 bridgehead atoms. The Balaban J connectivity index is 4.10. The third-order valence-electron chi connectivity index (χ3n) is 3.44. The molecule has 0 aromatic carbocycles. The van der Waals surface area contributed by atoms with Crippen molar-refractivity contribution in [3.8, 4) is 0 Å². The zero-order chi connectivity index (χ0) is 12.4. The number of aliphatic hydroxyl groups is 3. The number of likely N-dealkylation sites (N-methyl/N-ethyl adjacent to an activating group) is 1. The van der Waals surface area contributed by atoms with Crippen LogP contribution in [-0.4, -0.2) is 65.3 Å². The van der Waals surface area contributed by atoms with E-state index in [9.17, 15) is 5.11 Å². The number of unbranched alkanes of at least 4 members (excludes halogenated alkanes) is 2. The minimum Gasteiger partial charge on any atom is -0.396 e. The second kappa shape index (κ2) is 8.93. The van der Waals surface area contributed by atoms with Crippen molar-refractivity contribution in [2.45, 2.75) is 39.2 Å². The molecule has 0 saturated carbocycles. The van der Waals surface area contributed by atoms with E-state index in [4.69, 9.17) is 10.2 Å². The summed E-state index contributed by atoms with van der Waals surface area (Å²) in [5.74, 6) is 0. The summed E-state index contributed by atoms with van der Waals surface area (Å²) in [6.07, 6.45) is 2.35. The number of rotatable bonds is 10. The van der Waals surface area contributed by atoms with E-state index in [0.717, 1.165) is 43.4 Å². The molecule has 0 aliphatic rings. The highest BCUT2D eigenvalue weighted by Crippen LogP contribution is 2.11. The van der Waals surface area contributed by atoms with Gasteiger partial charge in [0, 0.05) is 6.61 Å². The SMILES string of the molecule is CC[N+](CC)(CCCCCO)CC(O)CO. The van der Waals surface area contributed by atoms with Gasteiger partial charge in [-0.3, -0.25) is 0 Å². The maximum Gasteiger partial charge on any atom is 0.126 e. The quantitative estimate of drug-likeness (QED) is 0.378. The highest BCUT2D eigenvalue weighted by Gasteiger charge is 2.25. The molecule has 0 heterocycles. The zero-order valence-electron chi connectivity index (χ0n) is 10.7. The van der Waals surface area contributed by atoms with Crippen LogP contribution in [0.2, 0.25) is 0 Å². The van der Waals surface area contributed by atoms with E-state index in [2.05, 4.69) is 13.8 Å². The molecule has 3 N–H and O–H groups in total.